The van der Waals surface area contributed by atoms with E-state index in [0.29, 0.717) is 0 Å². The van der Waals surface area contributed by atoms with Gasteiger partial charge in [0.1, 0.15) is 17.1 Å². The molecule has 1 aliphatic heterocycles. The number of fused-ring (bicyclic) bond motifs is 4. The van der Waals surface area contributed by atoms with E-state index in [-0.39, 0.29) is 0 Å². The summed E-state index contributed by atoms with van der Waals surface area (Å²) in [6.45, 7) is 0. The van der Waals surface area contributed by atoms with Crippen molar-refractivity contribution in [2.24, 2.45) is 0 Å². The third kappa shape index (κ3) is 2.98. The monoisotopic (exact) mass is 488 g/mol. The van der Waals surface area contributed by atoms with Crippen molar-refractivity contribution >= 4 is 34.7 Å². The van der Waals surface area contributed by atoms with E-state index in [2.05, 4.69) is 48.6 Å². The maximum atomic E-state index is 12.7. The highest BCUT2D eigenvalue weighted by Crippen LogP contribution is 2.53. The van der Waals surface area contributed by atoms with Gasteiger partial charge in [0.05, 0.1) is 14.2 Å². The summed E-state index contributed by atoms with van der Waals surface area (Å²) < 4.78 is 11.0. The molecule has 0 saturated heterocycles. The molecule has 0 radical (unpaired) electrons. The fourth-order valence-corrected chi connectivity index (χ4v) is 7.06. The number of hydrogen-bond donors (Lipinski definition) is 1. The van der Waals surface area contributed by atoms with Crippen molar-refractivity contribution in [2.75, 3.05) is 14.2 Å². The van der Waals surface area contributed by atoms with E-state index in [9.17, 15) is 5.11 Å². The predicted octanol–water partition coefficient (Wildman–Crippen LogP) is 5.22. The van der Waals surface area contributed by atoms with Crippen molar-refractivity contribution in [3.63, 3.8) is 0 Å². The second-order valence-corrected chi connectivity index (χ2v) is 10.5. The van der Waals surface area contributed by atoms with Gasteiger partial charge in [-0.25, -0.2) is 0 Å². The number of allylic oxidation sites excluding steroid dienone is 4. The van der Waals surface area contributed by atoms with Gasteiger partial charge in [0.25, 0.3) is 0 Å². The summed E-state index contributed by atoms with van der Waals surface area (Å²) >= 11 is 1.71. The molecule has 36 heavy (non-hydrogen) atoms. The molecule has 3 nitrogen and oxygen atoms in total. The molecule has 1 atom stereocenters. The van der Waals surface area contributed by atoms with Crippen LogP contribution in [0.2, 0.25) is 0 Å². The van der Waals surface area contributed by atoms with E-state index in [1.54, 1.807) is 26.0 Å². The zero-order chi connectivity index (χ0) is 24.4. The van der Waals surface area contributed by atoms with Crippen LogP contribution in [0.1, 0.15) is 22.3 Å². The van der Waals surface area contributed by atoms with Gasteiger partial charge in [-0.1, -0.05) is 72.5 Å². The van der Waals surface area contributed by atoms with Gasteiger partial charge in [-0.3, -0.25) is 0 Å². The molecule has 1 N–H and O–H groups in total. The molecular formula is C32H24O3S. The number of rotatable bonds is 3. The molecule has 4 heteroatoms. The first-order valence-electron chi connectivity index (χ1n) is 12.0. The molecule has 4 aromatic carbocycles. The number of benzene rings is 4. The Labute approximate surface area is 213 Å². The Morgan fingerprint density at radius 2 is 1.61 bits per heavy atom. The Kier molecular flexibility index (Phi) is 4.72. The van der Waals surface area contributed by atoms with Crippen LogP contribution in [0.5, 0.6) is 11.5 Å². The Hall–Kier alpha value is -3.73. The molecule has 0 fully saturated rings. The van der Waals surface area contributed by atoms with Crippen LogP contribution < -0.4 is 19.9 Å². The average molecular weight is 489 g/mol. The summed E-state index contributed by atoms with van der Waals surface area (Å²) in [6, 6.07) is 20.3. The van der Waals surface area contributed by atoms with Gasteiger partial charge in [-0.2, -0.15) is 0 Å². The second-order valence-electron chi connectivity index (χ2n) is 9.41. The smallest absolute Gasteiger partial charge is 0.142 e. The van der Waals surface area contributed by atoms with Crippen LogP contribution in [-0.4, -0.2) is 19.3 Å². The number of hydrogen-bond acceptors (Lipinski definition) is 4. The van der Waals surface area contributed by atoms with Gasteiger partial charge < -0.3 is 14.6 Å². The first-order chi connectivity index (χ1) is 17.6. The Bertz CT molecular complexity index is 1760. The molecule has 176 valence electrons. The number of aliphatic hydroxyl groups is 1. The average Bonchev–Trinajstić information content (AvgIpc) is 3.24. The van der Waals surface area contributed by atoms with Crippen LogP contribution in [-0.2, 0) is 12.0 Å². The first kappa shape index (κ1) is 21.5. The largest absolute Gasteiger partial charge is 0.497 e. The van der Waals surface area contributed by atoms with E-state index in [4.69, 9.17) is 9.47 Å². The van der Waals surface area contributed by atoms with Crippen molar-refractivity contribution in [3.05, 3.63) is 117 Å². The minimum Gasteiger partial charge on any atom is -0.497 e. The molecule has 3 aliphatic rings. The molecule has 2 bridgehead atoms. The van der Waals surface area contributed by atoms with Crippen LogP contribution in [0.3, 0.4) is 0 Å². The maximum absolute atomic E-state index is 12.7. The normalized spacial score (nSPS) is 18.8. The third-order valence-electron chi connectivity index (χ3n) is 7.56. The summed E-state index contributed by atoms with van der Waals surface area (Å²) in [5, 5.41) is 17.6. The highest BCUT2D eigenvalue weighted by molar-refractivity contribution is 7.99. The van der Waals surface area contributed by atoms with Crippen LogP contribution in [0, 0.1) is 0 Å². The van der Waals surface area contributed by atoms with E-state index >= 15 is 0 Å². The fourth-order valence-electron chi connectivity index (χ4n) is 5.74. The van der Waals surface area contributed by atoms with E-state index in [1.165, 1.54) is 27.1 Å². The van der Waals surface area contributed by atoms with Gasteiger partial charge in [0.2, 0.25) is 0 Å². The summed E-state index contributed by atoms with van der Waals surface area (Å²) in [7, 11) is 3.33. The summed E-state index contributed by atoms with van der Waals surface area (Å²) in [5.41, 5.74) is 3.88. The number of methoxy groups -OCH3 is 2. The molecule has 2 aliphatic carbocycles. The lowest BCUT2D eigenvalue weighted by molar-refractivity contribution is 0.118. The topological polar surface area (TPSA) is 38.7 Å². The lowest BCUT2D eigenvalue weighted by atomic mass is 9.78. The van der Waals surface area contributed by atoms with Crippen molar-refractivity contribution in [2.45, 2.75) is 21.8 Å². The predicted molar refractivity (Wildman–Crippen MR) is 145 cm³/mol. The van der Waals surface area contributed by atoms with Gasteiger partial charge >= 0.3 is 0 Å². The molecule has 1 unspecified atom stereocenters. The highest BCUT2D eigenvalue weighted by atomic mass is 32.2. The fraction of sp³-hybridized carbons (Fsp3) is 0.125. The molecule has 1 heterocycles. The van der Waals surface area contributed by atoms with Crippen molar-refractivity contribution in [1.82, 2.24) is 0 Å². The van der Waals surface area contributed by atoms with Gasteiger partial charge in [-0.05, 0) is 74.7 Å². The quantitative estimate of drug-likeness (QED) is 0.429. The molecule has 0 aromatic heterocycles. The zero-order valence-electron chi connectivity index (χ0n) is 20.0. The van der Waals surface area contributed by atoms with E-state index in [0.717, 1.165) is 49.6 Å². The van der Waals surface area contributed by atoms with Gasteiger partial charge in [0, 0.05) is 20.9 Å². The molecule has 0 saturated carbocycles. The third-order valence-corrected chi connectivity index (χ3v) is 8.76. The minimum atomic E-state index is -1.33. The van der Waals surface area contributed by atoms with Crippen LogP contribution in [0.15, 0.2) is 94.3 Å². The van der Waals surface area contributed by atoms with Crippen LogP contribution in [0.25, 0.3) is 22.9 Å². The maximum Gasteiger partial charge on any atom is 0.142 e. The highest BCUT2D eigenvalue weighted by Gasteiger charge is 2.42. The first-order valence-corrected chi connectivity index (χ1v) is 12.8. The zero-order valence-corrected chi connectivity index (χ0v) is 20.9. The number of ether oxygens (including phenoxy) is 2. The SMILES string of the molecule is COc1ccc(C2(O)c3ccc(OC)cc3Sc3c2cc2c4c5c(ccc34)=CC=CC(=CC=2)C5)cc1. The molecule has 7 rings (SSSR count). The van der Waals surface area contributed by atoms with E-state index < -0.39 is 5.60 Å². The molecule has 0 spiro atoms. The Morgan fingerprint density at radius 3 is 2.42 bits per heavy atom. The molecular weight excluding hydrogens is 464 g/mol. The lowest BCUT2D eigenvalue weighted by Gasteiger charge is -2.37. The van der Waals surface area contributed by atoms with E-state index in [1.807, 2.05) is 42.5 Å². The summed E-state index contributed by atoms with van der Waals surface area (Å²) in [6.07, 6.45) is 11.8. The van der Waals surface area contributed by atoms with Crippen LogP contribution >= 0.6 is 11.8 Å². The minimum absolute atomic E-state index is 0.759. The van der Waals surface area contributed by atoms with Gasteiger partial charge in [0.15, 0.2) is 0 Å². The van der Waals surface area contributed by atoms with Crippen molar-refractivity contribution < 1.29 is 14.6 Å². The Morgan fingerprint density at radius 1 is 0.806 bits per heavy atom. The Balaban J connectivity index is 1.60. The second kappa shape index (κ2) is 7.89. The van der Waals surface area contributed by atoms with Crippen molar-refractivity contribution in [3.8, 4) is 11.5 Å². The molecule has 4 aromatic rings. The van der Waals surface area contributed by atoms with Crippen LogP contribution in [0.4, 0.5) is 0 Å². The van der Waals surface area contributed by atoms with Crippen molar-refractivity contribution in [1.29, 1.82) is 0 Å². The summed E-state index contributed by atoms with van der Waals surface area (Å²) in [4.78, 5) is 2.08. The van der Waals surface area contributed by atoms with Gasteiger partial charge in [-0.15, -0.1) is 0 Å². The summed E-state index contributed by atoms with van der Waals surface area (Å²) in [5.74, 6) is 1.53. The lowest BCUT2D eigenvalue weighted by Crippen LogP contribution is -2.34. The molecule has 0 amide bonds. The standard InChI is InChI=1S/C32H24O3S/c1-34-23-11-9-22(10-12-23)32(33)27-15-13-24(35-2)18-29(27)36-31-25-14-8-20-5-3-4-19-6-7-21(17-28(31)32)30(25)26(20)16-19/h3-15,17-18,33H,16H2,1-2H3.